The molecular weight excluding hydrogens is 767 g/mol. The van der Waals surface area contributed by atoms with Crippen LogP contribution in [0.1, 0.15) is 284 Å². The molecule has 4 atom stereocenters. The van der Waals surface area contributed by atoms with Crippen LogP contribution in [-0.4, -0.2) is 57.3 Å². The van der Waals surface area contributed by atoms with Gasteiger partial charge in [-0.2, -0.15) is 0 Å². The molecule has 0 aliphatic carbocycles. The number of hydrogen-bond acceptors (Lipinski definition) is 5. The van der Waals surface area contributed by atoms with Crippen molar-refractivity contribution in [3.63, 3.8) is 0 Å². The fraction of sp³-hybridized carbons (Fsp3) is 0.875. The molecule has 4 unspecified atom stereocenters. The Morgan fingerprint density at radius 1 is 0.387 bits per heavy atom. The molecule has 0 aromatic rings. The van der Waals surface area contributed by atoms with Crippen molar-refractivity contribution in [3.8, 4) is 0 Å². The number of amides is 1. The van der Waals surface area contributed by atoms with Gasteiger partial charge >= 0.3 is 0 Å². The summed E-state index contributed by atoms with van der Waals surface area (Å²) in [5.74, 6) is -0.595. The average molecular weight is 874 g/mol. The second-order valence-corrected chi connectivity index (χ2v) is 18.9. The first-order valence-electron chi connectivity index (χ1n) is 27.4. The first-order valence-corrected chi connectivity index (χ1v) is 27.4. The number of carbonyl (C=O) groups is 1. The number of rotatable bonds is 50. The highest BCUT2D eigenvalue weighted by atomic mass is 16.3. The maximum atomic E-state index is 12.6. The Morgan fingerprint density at radius 2 is 0.677 bits per heavy atom. The van der Waals surface area contributed by atoms with Crippen LogP contribution < -0.4 is 5.32 Å². The van der Waals surface area contributed by atoms with Crippen LogP contribution in [0.25, 0.3) is 0 Å². The third kappa shape index (κ3) is 43.8. The van der Waals surface area contributed by atoms with Gasteiger partial charge in [-0.1, -0.05) is 256 Å². The van der Waals surface area contributed by atoms with E-state index >= 15 is 0 Å². The van der Waals surface area contributed by atoms with Crippen LogP contribution in [-0.2, 0) is 4.79 Å². The SMILES string of the molecule is CCCCCCCCCCCC/C=C/CC/C=C/CC/C=C/CCCC(O)C(O)C(CO)NC(=O)C(O)CCCCCCCCCCCCCCCCCCCCCCCCC. The summed E-state index contributed by atoms with van der Waals surface area (Å²) in [6.45, 7) is 4.06. The lowest BCUT2D eigenvalue weighted by Crippen LogP contribution is -2.53. The lowest BCUT2D eigenvalue weighted by Gasteiger charge is -2.27. The minimum atomic E-state index is -1.29. The Bertz CT molecular complexity index is 981. The number of allylic oxidation sites excluding steroid dienone is 6. The minimum Gasteiger partial charge on any atom is -0.394 e. The van der Waals surface area contributed by atoms with Crippen LogP contribution in [0.4, 0.5) is 0 Å². The van der Waals surface area contributed by atoms with Crippen LogP contribution in [0.3, 0.4) is 0 Å². The van der Waals surface area contributed by atoms with Crippen LogP contribution in [0, 0.1) is 0 Å². The number of hydrogen-bond donors (Lipinski definition) is 5. The van der Waals surface area contributed by atoms with Crippen molar-refractivity contribution in [2.45, 2.75) is 308 Å². The lowest BCUT2D eigenvalue weighted by molar-refractivity contribution is -0.132. The van der Waals surface area contributed by atoms with Gasteiger partial charge in [-0.15, -0.1) is 0 Å². The summed E-state index contributed by atoms with van der Waals surface area (Å²) in [4.78, 5) is 12.6. The summed E-state index contributed by atoms with van der Waals surface area (Å²) >= 11 is 0. The fourth-order valence-electron chi connectivity index (χ4n) is 8.50. The Labute approximate surface area is 386 Å². The smallest absolute Gasteiger partial charge is 0.249 e. The quantitative estimate of drug-likeness (QED) is 0.0309. The van der Waals surface area contributed by atoms with Gasteiger partial charge in [0.25, 0.3) is 0 Å². The largest absolute Gasteiger partial charge is 0.394 e. The Balaban J connectivity index is 3.71. The van der Waals surface area contributed by atoms with E-state index < -0.39 is 36.9 Å². The Morgan fingerprint density at radius 3 is 1.02 bits per heavy atom. The van der Waals surface area contributed by atoms with E-state index in [1.807, 2.05) is 0 Å². The van der Waals surface area contributed by atoms with Crippen molar-refractivity contribution in [2.24, 2.45) is 0 Å². The van der Waals surface area contributed by atoms with Gasteiger partial charge in [0.2, 0.25) is 5.91 Å². The van der Waals surface area contributed by atoms with E-state index in [4.69, 9.17) is 0 Å². The molecule has 0 saturated heterocycles. The third-order valence-corrected chi connectivity index (χ3v) is 12.8. The van der Waals surface area contributed by atoms with E-state index in [2.05, 4.69) is 55.6 Å². The zero-order valence-corrected chi connectivity index (χ0v) is 41.4. The molecule has 0 rings (SSSR count). The van der Waals surface area contributed by atoms with Crippen LogP contribution in [0.15, 0.2) is 36.5 Å². The predicted octanol–water partition coefficient (Wildman–Crippen LogP) is 15.6. The van der Waals surface area contributed by atoms with Gasteiger partial charge in [-0.05, 0) is 64.2 Å². The second-order valence-electron chi connectivity index (χ2n) is 18.9. The first kappa shape index (κ1) is 60.5. The summed E-state index contributed by atoms with van der Waals surface area (Å²) in [5.41, 5.74) is 0. The molecule has 5 N–H and O–H groups in total. The van der Waals surface area contributed by atoms with Gasteiger partial charge in [0, 0.05) is 0 Å². The molecule has 0 aliphatic rings. The first-order chi connectivity index (χ1) is 30.5. The standard InChI is InChI=1S/C56H107NO5/c1-3-5-7-9-11-13-15-17-19-21-23-25-27-29-31-33-35-37-39-41-43-45-47-49-53(59)55(61)52(51-58)57-56(62)54(60)50-48-46-44-42-40-38-36-34-32-30-28-26-24-22-20-18-16-14-12-10-8-6-4-2/h25,27,33,35,41,43,52-55,58-61H,3-24,26,28-32,34,36-40,42,44-51H2,1-2H3,(H,57,62)/b27-25+,35-33+,43-41+. The highest BCUT2D eigenvalue weighted by Gasteiger charge is 2.28. The van der Waals surface area contributed by atoms with E-state index in [0.29, 0.717) is 19.3 Å². The van der Waals surface area contributed by atoms with Crippen LogP contribution in [0.5, 0.6) is 0 Å². The molecular formula is C56H107NO5. The van der Waals surface area contributed by atoms with Crippen LogP contribution >= 0.6 is 0 Å². The van der Waals surface area contributed by atoms with Gasteiger partial charge < -0.3 is 25.7 Å². The van der Waals surface area contributed by atoms with Gasteiger partial charge in [-0.3, -0.25) is 4.79 Å². The molecule has 0 radical (unpaired) electrons. The number of nitrogens with one attached hydrogen (secondary N) is 1. The van der Waals surface area contributed by atoms with Crippen molar-refractivity contribution in [1.29, 1.82) is 0 Å². The van der Waals surface area contributed by atoms with E-state index in [1.54, 1.807) is 0 Å². The number of aliphatic hydroxyl groups excluding tert-OH is 4. The van der Waals surface area contributed by atoms with E-state index in [1.165, 1.54) is 199 Å². The number of unbranched alkanes of at least 4 members (excludes halogenated alkanes) is 35. The summed E-state index contributed by atoms with van der Waals surface area (Å²) in [6, 6.07) is -1.01. The molecule has 0 aromatic carbocycles. The normalized spacial score (nSPS) is 14.1. The number of aliphatic hydroxyl groups is 4. The third-order valence-electron chi connectivity index (χ3n) is 12.8. The Kier molecular flexibility index (Phi) is 49.3. The summed E-state index contributed by atoms with van der Waals surface area (Å²) in [7, 11) is 0. The van der Waals surface area contributed by atoms with Crippen molar-refractivity contribution in [1.82, 2.24) is 5.32 Å². The average Bonchev–Trinajstić information content (AvgIpc) is 3.28. The minimum absolute atomic E-state index is 0.362. The molecule has 0 heterocycles. The van der Waals surface area contributed by atoms with Crippen LogP contribution in [0.2, 0.25) is 0 Å². The van der Waals surface area contributed by atoms with Crippen molar-refractivity contribution >= 4 is 5.91 Å². The monoisotopic (exact) mass is 874 g/mol. The number of carbonyl (C=O) groups excluding carboxylic acids is 1. The molecule has 0 bridgehead atoms. The fourth-order valence-corrected chi connectivity index (χ4v) is 8.50. The lowest BCUT2D eigenvalue weighted by atomic mass is 10.00. The molecule has 0 spiro atoms. The molecule has 6 nitrogen and oxygen atoms in total. The van der Waals surface area contributed by atoms with Gasteiger partial charge in [-0.25, -0.2) is 0 Å². The molecule has 6 heteroatoms. The van der Waals surface area contributed by atoms with Gasteiger partial charge in [0.1, 0.15) is 12.2 Å². The van der Waals surface area contributed by atoms with Gasteiger partial charge in [0.15, 0.2) is 0 Å². The highest BCUT2D eigenvalue weighted by Crippen LogP contribution is 2.17. The molecule has 0 aromatic heterocycles. The zero-order chi connectivity index (χ0) is 45.2. The topological polar surface area (TPSA) is 110 Å². The molecule has 0 aliphatic heterocycles. The second kappa shape index (κ2) is 50.5. The van der Waals surface area contributed by atoms with Gasteiger partial charge in [0.05, 0.1) is 18.8 Å². The van der Waals surface area contributed by atoms with Crippen molar-refractivity contribution < 1.29 is 25.2 Å². The Hall–Kier alpha value is -1.47. The molecule has 1 amide bonds. The predicted molar refractivity (Wildman–Crippen MR) is 270 cm³/mol. The summed E-state index contributed by atoms with van der Waals surface area (Å²) < 4.78 is 0. The van der Waals surface area contributed by atoms with E-state index in [-0.39, 0.29) is 0 Å². The van der Waals surface area contributed by atoms with E-state index in [0.717, 1.165) is 51.4 Å². The maximum Gasteiger partial charge on any atom is 0.249 e. The van der Waals surface area contributed by atoms with Crippen molar-refractivity contribution in [2.75, 3.05) is 6.61 Å². The van der Waals surface area contributed by atoms with Crippen molar-refractivity contribution in [3.05, 3.63) is 36.5 Å². The molecule has 0 fully saturated rings. The highest BCUT2D eigenvalue weighted by molar-refractivity contribution is 5.80. The molecule has 366 valence electrons. The molecule has 0 saturated carbocycles. The molecule has 62 heavy (non-hydrogen) atoms. The summed E-state index contributed by atoms with van der Waals surface area (Å²) in [5, 5.41) is 43.9. The zero-order valence-electron chi connectivity index (χ0n) is 41.4. The van der Waals surface area contributed by atoms with E-state index in [9.17, 15) is 25.2 Å². The maximum absolute atomic E-state index is 12.6. The summed E-state index contributed by atoms with van der Waals surface area (Å²) in [6.07, 6.45) is 62.0.